The summed E-state index contributed by atoms with van der Waals surface area (Å²) in [5.41, 5.74) is 1.48. The zero-order valence-corrected chi connectivity index (χ0v) is 10.3. The maximum atomic E-state index is 11.2. The summed E-state index contributed by atoms with van der Waals surface area (Å²) in [4.78, 5) is 11.2. The Bertz CT molecular complexity index is 582. The quantitative estimate of drug-likeness (QED) is 0.818. The number of nitrogens with zero attached hydrogens (tertiary/aromatic N) is 1. The van der Waals surface area contributed by atoms with E-state index in [2.05, 4.69) is 16.8 Å². The first-order valence-electron chi connectivity index (χ1n) is 6.13. The van der Waals surface area contributed by atoms with E-state index in [9.17, 15) is 4.79 Å². The second-order valence-corrected chi connectivity index (χ2v) is 4.84. The second-order valence-electron chi connectivity index (χ2n) is 4.84. The smallest absolute Gasteiger partial charge is 0.152 e. The molecule has 0 aliphatic carbocycles. The van der Waals surface area contributed by atoms with Crippen molar-refractivity contribution in [2.45, 2.75) is 12.6 Å². The van der Waals surface area contributed by atoms with Crippen LogP contribution < -0.4 is 5.32 Å². The number of ether oxygens (including phenoxy) is 1. The van der Waals surface area contributed by atoms with E-state index in [0.29, 0.717) is 6.61 Å². The molecule has 18 heavy (non-hydrogen) atoms. The summed E-state index contributed by atoms with van der Waals surface area (Å²) in [6.45, 7) is 4.24. The number of fused-ring (bicyclic) bond motifs is 1. The minimum atomic E-state index is -0.293. The van der Waals surface area contributed by atoms with E-state index in [-0.39, 0.29) is 5.66 Å². The number of hydrogen-bond donors (Lipinski definition) is 1. The zero-order valence-electron chi connectivity index (χ0n) is 10.3. The fraction of sp³-hybridized carbons (Fsp3) is 0.357. The van der Waals surface area contributed by atoms with E-state index < -0.39 is 0 Å². The fourth-order valence-electron chi connectivity index (χ4n) is 2.58. The van der Waals surface area contributed by atoms with Crippen LogP contribution in [-0.4, -0.2) is 30.6 Å². The summed E-state index contributed by atoms with van der Waals surface area (Å²) in [5, 5.41) is 4.45. The highest BCUT2D eigenvalue weighted by molar-refractivity contribution is 5.97. The van der Waals surface area contributed by atoms with Crippen molar-refractivity contribution in [3.8, 4) is 0 Å². The number of benzene rings is 1. The number of rotatable bonds is 2. The van der Waals surface area contributed by atoms with Gasteiger partial charge in [0.1, 0.15) is 5.66 Å². The number of aromatic nitrogens is 1. The number of hydrogen-bond acceptors (Lipinski definition) is 3. The molecule has 0 amide bonds. The lowest BCUT2D eigenvalue weighted by atomic mass is 10.1. The van der Waals surface area contributed by atoms with Gasteiger partial charge in [0.15, 0.2) is 6.29 Å². The Kier molecular flexibility index (Phi) is 2.69. The molecule has 0 radical (unpaired) electrons. The molecule has 1 aromatic carbocycles. The molecule has 1 saturated heterocycles. The van der Waals surface area contributed by atoms with Gasteiger partial charge in [-0.25, -0.2) is 0 Å². The molecule has 1 aliphatic heterocycles. The molecule has 0 saturated carbocycles. The van der Waals surface area contributed by atoms with Crippen molar-refractivity contribution in [3.63, 3.8) is 0 Å². The fourth-order valence-corrected chi connectivity index (χ4v) is 2.58. The van der Waals surface area contributed by atoms with Gasteiger partial charge in [0.05, 0.1) is 18.7 Å². The molecule has 4 heteroatoms. The van der Waals surface area contributed by atoms with Crippen molar-refractivity contribution < 1.29 is 9.53 Å². The molecular weight excluding hydrogens is 228 g/mol. The lowest BCUT2D eigenvalue weighted by Gasteiger charge is -2.36. The van der Waals surface area contributed by atoms with E-state index in [1.54, 1.807) is 0 Å². The summed E-state index contributed by atoms with van der Waals surface area (Å²) >= 11 is 0. The predicted octanol–water partition coefficient (Wildman–Crippen LogP) is 1.75. The van der Waals surface area contributed by atoms with Crippen LogP contribution in [0.2, 0.25) is 0 Å². The Hall–Kier alpha value is -1.65. The number of morpholine rings is 1. The maximum absolute atomic E-state index is 11.2. The van der Waals surface area contributed by atoms with Gasteiger partial charge >= 0.3 is 0 Å². The van der Waals surface area contributed by atoms with Crippen molar-refractivity contribution in [3.05, 3.63) is 36.0 Å². The molecule has 1 N–H and O–H groups in total. The highest BCUT2D eigenvalue weighted by Gasteiger charge is 2.30. The SMILES string of the molecule is C[C@@]1(n2cc(C=O)c3ccccc32)COCCN1. The number of carbonyl (C=O) groups excluding carboxylic acids is 1. The van der Waals surface area contributed by atoms with Gasteiger partial charge in [0, 0.05) is 23.7 Å². The third kappa shape index (κ3) is 1.65. The number of nitrogens with one attached hydrogen (secondary N) is 1. The average Bonchev–Trinajstić information content (AvgIpc) is 2.79. The largest absolute Gasteiger partial charge is 0.376 e. The van der Waals surface area contributed by atoms with Crippen LogP contribution in [0.15, 0.2) is 30.5 Å². The molecule has 0 unspecified atom stereocenters. The van der Waals surface area contributed by atoms with Gasteiger partial charge < -0.3 is 9.30 Å². The van der Waals surface area contributed by atoms with Crippen LogP contribution >= 0.6 is 0 Å². The maximum Gasteiger partial charge on any atom is 0.152 e. The van der Waals surface area contributed by atoms with Crippen LogP contribution in [0.5, 0.6) is 0 Å². The van der Waals surface area contributed by atoms with E-state index >= 15 is 0 Å². The van der Waals surface area contributed by atoms with E-state index in [4.69, 9.17) is 4.74 Å². The Balaban J connectivity index is 2.19. The Labute approximate surface area is 106 Å². The summed E-state index contributed by atoms with van der Waals surface area (Å²) in [7, 11) is 0. The van der Waals surface area contributed by atoms with E-state index in [0.717, 1.165) is 35.9 Å². The summed E-state index contributed by atoms with van der Waals surface area (Å²) < 4.78 is 7.66. The van der Waals surface area contributed by atoms with E-state index in [1.807, 2.05) is 30.5 Å². The van der Waals surface area contributed by atoms with Crippen molar-refractivity contribution >= 4 is 17.2 Å². The van der Waals surface area contributed by atoms with Crippen LogP contribution in [0.1, 0.15) is 17.3 Å². The highest BCUT2D eigenvalue weighted by Crippen LogP contribution is 2.26. The molecule has 1 aliphatic rings. The van der Waals surface area contributed by atoms with Crippen LogP contribution in [0.3, 0.4) is 0 Å². The van der Waals surface area contributed by atoms with Crippen molar-refractivity contribution in [2.24, 2.45) is 0 Å². The Morgan fingerprint density at radius 1 is 1.44 bits per heavy atom. The Morgan fingerprint density at radius 2 is 2.28 bits per heavy atom. The van der Waals surface area contributed by atoms with Crippen molar-refractivity contribution in [1.29, 1.82) is 0 Å². The van der Waals surface area contributed by atoms with Crippen LogP contribution in [0, 0.1) is 0 Å². The van der Waals surface area contributed by atoms with Gasteiger partial charge in [-0.2, -0.15) is 0 Å². The molecule has 4 nitrogen and oxygen atoms in total. The minimum Gasteiger partial charge on any atom is -0.376 e. The molecule has 94 valence electrons. The average molecular weight is 244 g/mol. The number of para-hydroxylation sites is 1. The standard InChI is InChI=1S/C14H16N2O2/c1-14(10-18-7-6-15-14)16-8-11(9-17)12-4-2-3-5-13(12)16/h2-5,8-9,15H,6-7,10H2,1H3/t14-/m1/s1. The first-order chi connectivity index (χ1) is 8.74. The third-order valence-electron chi connectivity index (χ3n) is 3.54. The normalized spacial score (nSPS) is 24.3. The molecule has 2 aromatic rings. The van der Waals surface area contributed by atoms with Crippen molar-refractivity contribution in [1.82, 2.24) is 9.88 Å². The molecule has 2 heterocycles. The van der Waals surface area contributed by atoms with Gasteiger partial charge in [-0.1, -0.05) is 18.2 Å². The predicted molar refractivity (Wildman–Crippen MR) is 69.8 cm³/mol. The van der Waals surface area contributed by atoms with E-state index in [1.165, 1.54) is 0 Å². The molecule has 1 aromatic heterocycles. The first kappa shape index (κ1) is 11.4. The molecule has 1 atom stereocenters. The summed E-state index contributed by atoms with van der Waals surface area (Å²) in [6, 6.07) is 7.94. The number of carbonyl (C=O) groups is 1. The van der Waals surface area contributed by atoms with Crippen molar-refractivity contribution in [2.75, 3.05) is 19.8 Å². The lowest BCUT2D eigenvalue weighted by Crippen LogP contribution is -2.53. The van der Waals surface area contributed by atoms with Crippen LogP contribution in [-0.2, 0) is 10.4 Å². The zero-order chi connectivity index (χ0) is 12.6. The van der Waals surface area contributed by atoms with Gasteiger partial charge in [-0.05, 0) is 13.0 Å². The highest BCUT2D eigenvalue weighted by atomic mass is 16.5. The molecule has 1 fully saturated rings. The number of aldehydes is 1. The van der Waals surface area contributed by atoms with Gasteiger partial charge in [0.25, 0.3) is 0 Å². The van der Waals surface area contributed by atoms with Gasteiger partial charge in [0.2, 0.25) is 0 Å². The first-order valence-corrected chi connectivity index (χ1v) is 6.13. The van der Waals surface area contributed by atoms with Gasteiger partial charge in [-0.15, -0.1) is 0 Å². The van der Waals surface area contributed by atoms with Crippen LogP contribution in [0.4, 0.5) is 0 Å². The Morgan fingerprint density at radius 3 is 3.00 bits per heavy atom. The van der Waals surface area contributed by atoms with Crippen LogP contribution in [0.25, 0.3) is 10.9 Å². The minimum absolute atomic E-state index is 0.293. The molecule has 0 spiro atoms. The lowest BCUT2D eigenvalue weighted by molar-refractivity contribution is 0.000654. The topological polar surface area (TPSA) is 43.3 Å². The third-order valence-corrected chi connectivity index (χ3v) is 3.54. The summed E-state index contributed by atoms with van der Waals surface area (Å²) in [5.74, 6) is 0. The summed E-state index contributed by atoms with van der Waals surface area (Å²) in [6.07, 6.45) is 2.81. The second kappa shape index (κ2) is 4.23. The molecular formula is C14H16N2O2. The molecule has 0 bridgehead atoms. The molecule has 3 rings (SSSR count). The van der Waals surface area contributed by atoms with Gasteiger partial charge in [-0.3, -0.25) is 10.1 Å². The monoisotopic (exact) mass is 244 g/mol.